The van der Waals surface area contributed by atoms with Gasteiger partial charge in [-0.3, -0.25) is 0 Å². The minimum absolute atomic E-state index is 0.0384. The van der Waals surface area contributed by atoms with Gasteiger partial charge in [-0.1, -0.05) is 12.1 Å². The zero-order valence-corrected chi connectivity index (χ0v) is 9.48. The van der Waals surface area contributed by atoms with Crippen LogP contribution in [-0.2, 0) is 0 Å². The zero-order valence-electron chi connectivity index (χ0n) is 9.48. The van der Waals surface area contributed by atoms with E-state index >= 15 is 0 Å². The van der Waals surface area contributed by atoms with E-state index in [1.165, 1.54) is 0 Å². The predicted octanol–water partition coefficient (Wildman–Crippen LogP) is 2.07. The van der Waals surface area contributed by atoms with Crippen molar-refractivity contribution in [3.63, 3.8) is 0 Å². The van der Waals surface area contributed by atoms with Crippen LogP contribution in [0.4, 0.5) is 0 Å². The van der Waals surface area contributed by atoms with Crippen molar-refractivity contribution in [2.24, 2.45) is 0 Å². The molecule has 0 aromatic heterocycles. The van der Waals surface area contributed by atoms with Crippen molar-refractivity contribution in [3.05, 3.63) is 46.8 Å². The van der Waals surface area contributed by atoms with Crippen molar-refractivity contribution >= 4 is 0 Å². The Morgan fingerprint density at radius 3 is 2.94 bits per heavy atom. The molecule has 0 unspecified atom stereocenters. The monoisotopic (exact) mass is 223 g/mol. The number of hydrogen-bond acceptors (Lipinski definition) is 2. The average Bonchev–Trinajstić information content (AvgIpc) is 3.04. The second-order valence-electron chi connectivity index (χ2n) is 4.95. The van der Waals surface area contributed by atoms with Crippen molar-refractivity contribution in [2.45, 2.75) is 30.3 Å². The van der Waals surface area contributed by atoms with Crippen LogP contribution in [0.2, 0.25) is 0 Å². The van der Waals surface area contributed by atoms with Gasteiger partial charge in [-0.15, -0.1) is 0 Å². The number of benzene rings is 1. The van der Waals surface area contributed by atoms with E-state index in [-0.39, 0.29) is 17.5 Å². The van der Waals surface area contributed by atoms with Gasteiger partial charge in [0, 0.05) is 6.54 Å². The lowest BCUT2D eigenvalue weighted by Crippen LogP contribution is -2.31. The molecule has 0 bridgehead atoms. The molecule has 3 nitrogen and oxygen atoms in total. The van der Waals surface area contributed by atoms with Crippen molar-refractivity contribution < 1.29 is 0 Å². The Morgan fingerprint density at radius 1 is 1.47 bits per heavy atom. The predicted molar refractivity (Wildman–Crippen MR) is 64.3 cm³/mol. The number of nitrogens with zero attached hydrogens (tertiary/aromatic N) is 2. The molecule has 2 atom stereocenters. The standard InChI is InChI=1S/C14H13N3/c1-16-13-12(9-17-14(13)5-6-14)11-4-2-3-10(7-11)8-15/h2-4,7,12-13,17H,5-6,9H2/t12-,13-/m0/s1. The summed E-state index contributed by atoms with van der Waals surface area (Å²) in [5.74, 6) is 0.239. The third kappa shape index (κ3) is 1.52. The van der Waals surface area contributed by atoms with Gasteiger partial charge in [0.15, 0.2) is 0 Å². The van der Waals surface area contributed by atoms with E-state index in [2.05, 4.69) is 16.2 Å². The maximum atomic E-state index is 8.92. The molecule has 1 spiro atoms. The molecule has 3 heteroatoms. The largest absolute Gasteiger partial charge is 0.311 e. The second kappa shape index (κ2) is 3.58. The van der Waals surface area contributed by atoms with Crippen LogP contribution in [0.25, 0.3) is 4.85 Å². The van der Waals surface area contributed by atoms with Crippen LogP contribution in [0.1, 0.15) is 29.9 Å². The maximum absolute atomic E-state index is 8.92. The highest BCUT2D eigenvalue weighted by Crippen LogP contribution is 2.49. The fourth-order valence-corrected chi connectivity index (χ4v) is 2.87. The Labute approximate surface area is 101 Å². The summed E-state index contributed by atoms with van der Waals surface area (Å²) in [6, 6.07) is 9.88. The first kappa shape index (κ1) is 10.3. The first-order chi connectivity index (χ1) is 8.29. The van der Waals surface area contributed by atoms with Crippen molar-refractivity contribution in [1.29, 1.82) is 5.26 Å². The third-order valence-corrected chi connectivity index (χ3v) is 3.99. The quantitative estimate of drug-likeness (QED) is 0.740. The number of hydrogen-bond donors (Lipinski definition) is 1. The summed E-state index contributed by atoms with van der Waals surface area (Å²) in [5, 5.41) is 12.4. The van der Waals surface area contributed by atoms with Crippen molar-refractivity contribution in [2.75, 3.05) is 6.54 Å². The van der Waals surface area contributed by atoms with Gasteiger partial charge in [-0.05, 0) is 30.5 Å². The molecule has 1 saturated carbocycles. The Balaban J connectivity index is 1.94. The third-order valence-electron chi connectivity index (χ3n) is 3.99. The Bertz CT molecular complexity index is 531. The van der Waals surface area contributed by atoms with Gasteiger partial charge in [-0.25, -0.2) is 6.57 Å². The van der Waals surface area contributed by atoms with Gasteiger partial charge in [0.2, 0.25) is 6.04 Å². The van der Waals surface area contributed by atoms with E-state index in [9.17, 15) is 0 Å². The fourth-order valence-electron chi connectivity index (χ4n) is 2.87. The van der Waals surface area contributed by atoms with E-state index < -0.39 is 0 Å². The minimum Gasteiger partial charge on any atom is -0.311 e. The highest BCUT2D eigenvalue weighted by molar-refractivity contribution is 5.39. The van der Waals surface area contributed by atoms with Gasteiger partial charge in [0.25, 0.3) is 0 Å². The Kier molecular flexibility index (Phi) is 2.18. The van der Waals surface area contributed by atoms with Gasteiger partial charge in [-0.2, -0.15) is 5.26 Å². The SMILES string of the molecule is [C-]#[N+][C@H]1[C@H](c2cccc(C#N)c2)CNC12CC2. The highest BCUT2D eigenvalue weighted by Gasteiger charge is 2.61. The van der Waals surface area contributed by atoms with E-state index in [4.69, 9.17) is 11.8 Å². The lowest BCUT2D eigenvalue weighted by atomic mass is 9.90. The topological polar surface area (TPSA) is 40.2 Å². The molecule has 2 fully saturated rings. The summed E-state index contributed by atoms with van der Waals surface area (Å²) in [4.78, 5) is 3.82. The summed E-state index contributed by atoms with van der Waals surface area (Å²) in [6.45, 7) is 8.26. The van der Waals surface area contributed by atoms with Gasteiger partial charge >= 0.3 is 0 Å². The molecule has 1 aromatic carbocycles. The van der Waals surface area contributed by atoms with E-state index in [1.807, 2.05) is 24.3 Å². The van der Waals surface area contributed by atoms with Crippen molar-refractivity contribution in [3.8, 4) is 6.07 Å². The fraction of sp³-hybridized carbons (Fsp3) is 0.429. The molecule has 84 valence electrons. The number of rotatable bonds is 1. The minimum atomic E-state index is 0.0384. The summed E-state index contributed by atoms with van der Waals surface area (Å²) >= 11 is 0. The zero-order chi connectivity index (χ0) is 11.9. The molecule has 1 heterocycles. The molecule has 1 aromatic rings. The van der Waals surface area contributed by atoms with Crippen LogP contribution in [0.5, 0.6) is 0 Å². The van der Waals surface area contributed by atoms with Gasteiger partial charge in [0.1, 0.15) is 0 Å². The van der Waals surface area contributed by atoms with Crippen LogP contribution in [-0.4, -0.2) is 18.1 Å². The van der Waals surface area contributed by atoms with Crippen LogP contribution >= 0.6 is 0 Å². The first-order valence-corrected chi connectivity index (χ1v) is 5.91. The lowest BCUT2D eigenvalue weighted by molar-refractivity contribution is 0.564. The molecule has 0 amide bonds. The van der Waals surface area contributed by atoms with E-state index in [0.29, 0.717) is 5.56 Å². The van der Waals surface area contributed by atoms with Crippen LogP contribution in [0.15, 0.2) is 24.3 Å². The molecule has 3 rings (SSSR count). The molecule has 1 saturated heterocycles. The summed E-state index contributed by atoms with van der Waals surface area (Å²) in [5.41, 5.74) is 1.90. The molecular formula is C14H13N3. The highest BCUT2D eigenvalue weighted by atomic mass is 15.1. The Morgan fingerprint density at radius 2 is 2.29 bits per heavy atom. The molecule has 1 N–H and O–H groups in total. The molecule has 1 aliphatic heterocycles. The molecule has 2 aliphatic rings. The molecular weight excluding hydrogens is 210 g/mol. The van der Waals surface area contributed by atoms with Crippen LogP contribution in [0.3, 0.4) is 0 Å². The van der Waals surface area contributed by atoms with E-state index in [1.54, 1.807) is 0 Å². The summed E-state index contributed by atoms with van der Waals surface area (Å²) in [7, 11) is 0. The number of nitrogens with one attached hydrogen (secondary N) is 1. The molecule has 1 aliphatic carbocycles. The smallest absolute Gasteiger partial charge is 0.249 e. The van der Waals surface area contributed by atoms with E-state index in [0.717, 1.165) is 24.9 Å². The van der Waals surface area contributed by atoms with Crippen LogP contribution in [0, 0.1) is 17.9 Å². The first-order valence-electron chi connectivity index (χ1n) is 5.91. The molecule has 0 radical (unpaired) electrons. The summed E-state index contributed by atoms with van der Waals surface area (Å²) in [6.07, 6.45) is 2.24. The normalized spacial score (nSPS) is 28.6. The van der Waals surface area contributed by atoms with Gasteiger partial charge in [0.05, 0.1) is 23.1 Å². The van der Waals surface area contributed by atoms with Crippen LogP contribution < -0.4 is 5.32 Å². The second-order valence-corrected chi connectivity index (χ2v) is 4.95. The van der Waals surface area contributed by atoms with Crippen molar-refractivity contribution in [1.82, 2.24) is 5.32 Å². The summed E-state index contributed by atoms with van der Waals surface area (Å²) < 4.78 is 0. The average molecular weight is 223 g/mol. The lowest BCUT2D eigenvalue weighted by Gasteiger charge is -2.12. The number of nitriles is 1. The Hall–Kier alpha value is -1.84. The molecule has 17 heavy (non-hydrogen) atoms. The maximum Gasteiger partial charge on any atom is 0.249 e. The van der Waals surface area contributed by atoms with Gasteiger partial charge < -0.3 is 10.2 Å².